The van der Waals surface area contributed by atoms with E-state index in [1.165, 1.54) is 0 Å². The normalized spacial score (nSPS) is 11.8. The summed E-state index contributed by atoms with van der Waals surface area (Å²) in [5.41, 5.74) is 3.35. The largest absolute Gasteiger partial charge is 0.263 e. The van der Waals surface area contributed by atoms with Gasteiger partial charge in [-0.15, -0.1) is 0 Å². The molecule has 7 heteroatoms. The van der Waals surface area contributed by atoms with E-state index in [1.54, 1.807) is 24.3 Å². The summed E-state index contributed by atoms with van der Waals surface area (Å²) < 4.78 is 27.5. The minimum atomic E-state index is -3.68. The highest BCUT2D eigenvalue weighted by molar-refractivity contribution is 7.92. The number of nitrogens with zero attached hydrogens (tertiary/aromatic N) is 2. The molecule has 2 aromatic heterocycles. The molecule has 0 unspecified atom stereocenters. The minimum Gasteiger partial charge on any atom is -0.261 e. The van der Waals surface area contributed by atoms with Crippen molar-refractivity contribution in [2.24, 2.45) is 0 Å². The standard InChI is InChI=1S/C15H16N4O2S/c1-9-4-6-12(8-10(9)2)22(20,21)19-15-13-7-5-11(3)16-14(13)17-18-15/h4-8H,1-3H3,(H2,16,17,18,19). The van der Waals surface area contributed by atoms with Crippen molar-refractivity contribution < 1.29 is 8.42 Å². The highest BCUT2D eigenvalue weighted by atomic mass is 32.2. The van der Waals surface area contributed by atoms with Crippen molar-refractivity contribution in [3.63, 3.8) is 0 Å². The lowest BCUT2D eigenvalue weighted by molar-refractivity contribution is 0.601. The lowest BCUT2D eigenvalue weighted by Gasteiger charge is -2.08. The van der Waals surface area contributed by atoms with Gasteiger partial charge in [0.25, 0.3) is 10.0 Å². The number of aromatic nitrogens is 3. The van der Waals surface area contributed by atoms with Gasteiger partial charge in [-0.25, -0.2) is 13.4 Å². The van der Waals surface area contributed by atoms with E-state index in [0.29, 0.717) is 11.0 Å². The van der Waals surface area contributed by atoms with Crippen molar-refractivity contribution in [2.45, 2.75) is 25.7 Å². The van der Waals surface area contributed by atoms with Crippen molar-refractivity contribution in [3.8, 4) is 0 Å². The van der Waals surface area contributed by atoms with Crippen LogP contribution in [0.4, 0.5) is 5.82 Å². The average Bonchev–Trinajstić information content (AvgIpc) is 2.83. The molecule has 0 spiro atoms. The number of fused-ring (bicyclic) bond motifs is 1. The highest BCUT2D eigenvalue weighted by Gasteiger charge is 2.18. The zero-order valence-electron chi connectivity index (χ0n) is 12.5. The Kier molecular flexibility index (Phi) is 3.37. The lowest BCUT2D eigenvalue weighted by Crippen LogP contribution is -2.13. The summed E-state index contributed by atoms with van der Waals surface area (Å²) >= 11 is 0. The van der Waals surface area contributed by atoms with Crippen molar-refractivity contribution >= 4 is 26.9 Å². The molecule has 0 radical (unpaired) electrons. The van der Waals surface area contributed by atoms with Crippen LogP contribution in [-0.4, -0.2) is 23.6 Å². The first-order valence-electron chi connectivity index (χ1n) is 6.78. The van der Waals surface area contributed by atoms with E-state index in [9.17, 15) is 8.42 Å². The van der Waals surface area contributed by atoms with Crippen molar-refractivity contribution in [1.82, 2.24) is 15.2 Å². The van der Waals surface area contributed by atoms with Crippen molar-refractivity contribution in [2.75, 3.05) is 4.72 Å². The molecule has 0 amide bonds. The van der Waals surface area contributed by atoms with Crippen LogP contribution in [0.5, 0.6) is 0 Å². The maximum Gasteiger partial charge on any atom is 0.263 e. The molecule has 0 saturated carbocycles. The highest BCUT2D eigenvalue weighted by Crippen LogP contribution is 2.23. The summed E-state index contributed by atoms with van der Waals surface area (Å²) in [6.45, 7) is 5.68. The number of benzene rings is 1. The molecule has 22 heavy (non-hydrogen) atoms. The summed E-state index contributed by atoms with van der Waals surface area (Å²) in [7, 11) is -3.68. The molecule has 3 aromatic rings. The number of anilines is 1. The second-order valence-corrected chi connectivity index (χ2v) is 6.95. The molecular formula is C15H16N4O2S. The summed E-state index contributed by atoms with van der Waals surface area (Å²) in [5.74, 6) is 0.251. The molecule has 114 valence electrons. The Morgan fingerprint density at radius 1 is 1.05 bits per heavy atom. The SMILES string of the molecule is Cc1ccc2c(NS(=O)(=O)c3ccc(C)c(C)c3)n[nH]c2n1. The summed E-state index contributed by atoms with van der Waals surface area (Å²) in [6.07, 6.45) is 0. The van der Waals surface area contributed by atoms with Crippen LogP contribution in [0.1, 0.15) is 16.8 Å². The average molecular weight is 316 g/mol. The monoisotopic (exact) mass is 316 g/mol. The molecule has 0 bridgehead atoms. The van der Waals surface area contributed by atoms with Gasteiger partial charge in [0.1, 0.15) is 0 Å². The zero-order valence-corrected chi connectivity index (χ0v) is 13.3. The number of aromatic amines is 1. The van der Waals surface area contributed by atoms with Gasteiger partial charge in [-0.3, -0.25) is 9.82 Å². The van der Waals surface area contributed by atoms with E-state index in [-0.39, 0.29) is 10.7 Å². The molecule has 2 N–H and O–H groups in total. The summed E-state index contributed by atoms with van der Waals surface area (Å²) in [4.78, 5) is 4.49. The van der Waals surface area contributed by atoms with E-state index in [0.717, 1.165) is 16.8 Å². The van der Waals surface area contributed by atoms with Crippen molar-refractivity contribution in [1.29, 1.82) is 0 Å². The van der Waals surface area contributed by atoms with Gasteiger partial charge in [0.2, 0.25) is 0 Å². The minimum absolute atomic E-state index is 0.215. The number of H-pyrrole nitrogens is 1. The fraction of sp³-hybridized carbons (Fsp3) is 0.200. The number of aryl methyl sites for hydroxylation is 3. The molecule has 0 saturated heterocycles. The topological polar surface area (TPSA) is 87.7 Å². The van der Waals surface area contributed by atoms with Gasteiger partial charge < -0.3 is 0 Å². The number of nitrogens with one attached hydrogen (secondary N) is 2. The number of rotatable bonds is 3. The van der Waals surface area contributed by atoms with Crippen LogP contribution in [0.3, 0.4) is 0 Å². The number of hydrogen-bond donors (Lipinski definition) is 2. The quantitative estimate of drug-likeness (QED) is 0.777. The zero-order chi connectivity index (χ0) is 15.9. The van der Waals surface area contributed by atoms with Gasteiger partial charge >= 0.3 is 0 Å². The van der Waals surface area contributed by atoms with Crippen LogP contribution in [-0.2, 0) is 10.0 Å². The molecule has 0 aliphatic rings. The Morgan fingerprint density at radius 2 is 1.82 bits per heavy atom. The third-order valence-electron chi connectivity index (χ3n) is 3.58. The second kappa shape index (κ2) is 5.10. The third kappa shape index (κ3) is 2.55. The lowest BCUT2D eigenvalue weighted by atomic mass is 10.1. The Bertz CT molecular complexity index is 961. The summed E-state index contributed by atoms with van der Waals surface area (Å²) in [5, 5.41) is 7.38. The predicted molar refractivity (Wildman–Crippen MR) is 85.4 cm³/mol. The van der Waals surface area contributed by atoms with Crippen molar-refractivity contribution in [3.05, 3.63) is 47.2 Å². The van der Waals surface area contributed by atoms with Gasteiger partial charge in [0.05, 0.1) is 10.3 Å². The fourth-order valence-corrected chi connectivity index (χ4v) is 3.25. The van der Waals surface area contributed by atoms with Crippen LogP contribution >= 0.6 is 0 Å². The molecule has 0 fully saturated rings. The molecule has 0 aliphatic heterocycles. The van der Waals surface area contributed by atoms with Gasteiger partial charge in [-0.1, -0.05) is 6.07 Å². The van der Waals surface area contributed by atoms with E-state index >= 15 is 0 Å². The van der Waals surface area contributed by atoms with Crippen LogP contribution in [0, 0.1) is 20.8 Å². The number of hydrogen-bond acceptors (Lipinski definition) is 4. The maximum absolute atomic E-state index is 12.5. The van der Waals surface area contributed by atoms with Crippen LogP contribution in [0.2, 0.25) is 0 Å². The molecule has 0 atom stereocenters. The van der Waals surface area contributed by atoms with Gasteiger partial charge in [0, 0.05) is 5.69 Å². The molecule has 2 heterocycles. The second-order valence-electron chi connectivity index (χ2n) is 5.27. The molecular weight excluding hydrogens is 300 g/mol. The van der Waals surface area contributed by atoms with Gasteiger partial charge in [0.15, 0.2) is 11.5 Å². The first-order valence-corrected chi connectivity index (χ1v) is 8.27. The first kappa shape index (κ1) is 14.5. The van der Waals surface area contributed by atoms with Crippen LogP contribution in [0.15, 0.2) is 35.2 Å². The molecule has 3 rings (SSSR count). The van der Waals surface area contributed by atoms with E-state index in [1.807, 2.05) is 26.8 Å². The predicted octanol–water partition coefficient (Wildman–Crippen LogP) is 2.68. The van der Waals surface area contributed by atoms with E-state index < -0.39 is 10.0 Å². The molecule has 6 nitrogen and oxygen atoms in total. The number of sulfonamides is 1. The Balaban J connectivity index is 2.01. The van der Waals surface area contributed by atoms with E-state index in [4.69, 9.17) is 0 Å². The Morgan fingerprint density at radius 3 is 2.55 bits per heavy atom. The summed E-state index contributed by atoms with van der Waals surface area (Å²) in [6, 6.07) is 8.62. The van der Waals surface area contributed by atoms with Gasteiger partial charge in [-0.2, -0.15) is 5.10 Å². The Labute approximate surface area is 128 Å². The fourth-order valence-electron chi connectivity index (χ4n) is 2.15. The van der Waals surface area contributed by atoms with Crippen LogP contribution < -0.4 is 4.72 Å². The van der Waals surface area contributed by atoms with Crippen LogP contribution in [0.25, 0.3) is 11.0 Å². The smallest absolute Gasteiger partial charge is 0.261 e. The number of pyridine rings is 1. The van der Waals surface area contributed by atoms with E-state index in [2.05, 4.69) is 19.9 Å². The Hall–Kier alpha value is -2.41. The van der Waals surface area contributed by atoms with Gasteiger partial charge in [-0.05, 0) is 56.2 Å². The molecule has 0 aliphatic carbocycles. The first-order chi connectivity index (χ1) is 10.4. The maximum atomic E-state index is 12.5. The third-order valence-corrected chi connectivity index (χ3v) is 4.92. The molecule has 1 aromatic carbocycles.